The maximum absolute atomic E-state index is 13.4. The van der Waals surface area contributed by atoms with E-state index in [-0.39, 0.29) is 17.8 Å². The minimum Gasteiger partial charge on any atom is -0.306 e. The second kappa shape index (κ2) is 10.4. The SMILES string of the molecule is C=C(C)CC1(c2ccccc2)CN(C(=O)Nc2ccc(C(F)(F)F)cc2)N=C1c1ccc(C(F)(F)F)c(Cl)c1. The lowest BCUT2D eigenvalue weighted by atomic mass is 9.70. The first kappa shape index (κ1) is 28.2. The minimum absolute atomic E-state index is 0.00961. The number of urea groups is 1. The maximum atomic E-state index is 13.4. The summed E-state index contributed by atoms with van der Waals surface area (Å²) in [6.45, 7) is 5.78. The van der Waals surface area contributed by atoms with Crippen molar-refractivity contribution in [2.75, 3.05) is 11.9 Å². The summed E-state index contributed by atoms with van der Waals surface area (Å²) in [5.41, 5.74) is -0.702. The molecule has 1 unspecified atom stereocenters. The second-order valence-electron chi connectivity index (χ2n) is 9.29. The Morgan fingerprint density at radius 1 is 1.00 bits per heavy atom. The van der Waals surface area contributed by atoms with Crippen molar-refractivity contribution >= 4 is 29.0 Å². The molecule has 39 heavy (non-hydrogen) atoms. The summed E-state index contributed by atoms with van der Waals surface area (Å²) in [6.07, 6.45) is -8.88. The molecule has 1 atom stereocenters. The maximum Gasteiger partial charge on any atom is 0.417 e. The number of nitrogens with one attached hydrogen (secondary N) is 1. The van der Waals surface area contributed by atoms with E-state index in [1.54, 1.807) is 25.1 Å². The lowest BCUT2D eigenvalue weighted by Gasteiger charge is -2.32. The number of carbonyl (C=O) groups is 1. The zero-order chi connectivity index (χ0) is 28.6. The molecule has 1 heterocycles. The largest absolute Gasteiger partial charge is 0.417 e. The van der Waals surface area contributed by atoms with Gasteiger partial charge in [0.25, 0.3) is 0 Å². The smallest absolute Gasteiger partial charge is 0.306 e. The fourth-order valence-electron chi connectivity index (χ4n) is 4.60. The van der Waals surface area contributed by atoms with E-state index < -0.39 is 39.9 Å². The Morgan fingerprint density at radius 3 is 2.18 bits per heavy atom. The van der Waals surface area contributed by atoms with E-state index in [2.05, 4.69) is 17.0 Å². The highest BCUT2D eigenvalue weighted by atomic mass is 35.5. The highest BCUT2D eigenvalue weighted by molar-refractivity contribution is 6.32. The number of amides is 2. The Morgan fingerprint density at radius 2 is 1.64 bits per heavy atom. The van der Waals surface area contributed by atoms with Crippen molar-refractivity contribution in [2.24, 2.45) is 5.10 Å². The predicted molar refractivity (Wildman–Crippen MR) is 138 cm³/mol. The number of hydrogen-bond acceptors (Lipinski definition) is 2. The number of rotatable bonds is 5. The molecule has 0 fully saturated rings. The van der Waals surface area contributed by atoms with Gasteiger partial charge in [0.05, 0.1) is 33.8 Å². The standard InChI is InChI=1S/C28H22ClF6N3O/c1-17(2)15-26(19-6-4-3-5-7-19)16-38(25(39)36-21-11-9-20(10-12-21)27(30,31)32)37-24(26)18-8-13-22(23(29)14-18)28(33,34)35/h3-14H,1,15-16H2,2H3,(H,36,39). The first-order valence-electron chi connectivity index (χ1n) is 11.6. The van der Waals surface area contributed by atoms with Crippen LogP contribution in [0.1, 0.15) is 35.6 Å². The van der Waals surface area contributed by atoms with Crippen LogP contribution in [0.3, 0.4) is 0 Å². The summed E-state index contributed by atoms with van der Waals surface area (Å²) < 4.78 is 78.8. The lowest BCUT2D eigenvalue weighted by molar-refractivity contribution is -0.138. The average molecular weight is 566 g/mol. The van der Waals surface area contributed by atoms with Crippen LogP contribution in [0.25, 0.3) is 0 Å². The van der Waals surface area contributed by atoms with Gasteiger partial charge in [-0.05, 0) is 55.3 Å². The van der Waals surface area contributed by atoms with Crippen LogP contribution in [0.5, 0.6) is 0 Å². The van der Waals surface area contributed by atoms with E-state index in [0.29, 0.717) is 12.1 Å². The molecule has 204 valence electrons. The van der Waals surface area contributed by atoms with Crippen molar-refractivity contribution in [3.05, 3.63) is 112 Å². The zero-order valence-electron chi connectivity index (χ0n) is 20.5. The second-order valence-corrected chi connectivity index (χ2v) is 9.69. The van der Waals surface area contributed by atoms with E-state index in [9.17, 15) is 31.1 Å². The van der Waals surface area contributed by atoms with Gasteiger partial charge in [0.1, 0.15) is 0 Å². The van der Waals surface area contributed by atoms with Gasteiger partial charge in [-0.2, -0.15) is 31.4 Å². The number of hydrazone groups is 1. The Bertz CT molecular complexity index is 1420. The molecule has 1 N–H and O–H groups in total. The molecule has 4 nitrogen and oxygen atoms in total. The highest BCUT2D eigenvalue weighted by Gasteiger charge is 2.47. The average Bonchev–Trinajstić information content (AvgIpc) is 3.23. The lowest BCUT2D eigenvalue weighted by Crippen LogP contribution is -2.41. The Labute approximate surface area is 225 Å². The number of halogens is 7. The monoisotopic (exact) mass is 565 g/mol. The molecule has 2 amide bonds. The molecule has 0 saturated heterocycles. The van der Waals surface area contributed by atoms with Crippen LogP contribution < -0.4 is 5.32 Å². The molecular weight excluding hydrogens is 544 g/mol. The van der Waals surface area contributed by atoms with Crippen molar-refractivity contribution in [1.82, 2.24) is 5.01 Å². The molecule has 3 aromatic carbocycles. The third-order valence-corrected chi connectivity index (χ3v) is 6.58. The number of hydrogen-bond donors (Lipinski definition) is 1. The predicted octanol–water partition coefficient (Wildman–Crippen LogP) is 8.53. The molecule has 1 aliphatic heterocycles. The van der Waals surface area contributed by atoms with Gasteiger partial charge in [-0.25, -0.2) is 9.80 Å². The summed E-state index contributed by atoms with van der Waals surface area (Å²) >= 11 is 6.02. The number of alkyl halides is 6. The van der Waals surface area contributed by atoms with Crippen LogP contribution >= 0.6 is 11.6 Å². The van der Waals surface area contributed by atoms with Crippen molar-refractivity contribution in [3.8, 4) is 0 Å². The first-order chi connectivity index (χ1) is 18.2. The number of benzene rings is 3. The van der Waals surface area contributed by atoms with Gasteiger partial charge < -0.3 is 5.32 Å². The van der Waals surface area contributed by atoms with Gasteiger partial charge in [0.15, 0.2) is 0 Å². The van der Waals surface area contributed by atoms with Gasteiger partial charge in [-0.15, -0.1) is 6.58 Å². The molecule has 4 rings (SSSR count). The number of anilines is 1. The quantitative estimate of drug-likeness (QED) is 0.244. The third-order valence-electron chi connectivity index (χ3n) is 6.27. The van der Waals surface area contributed by atoms with Gasteiger partial charge >= 0.3 is 18.4 Å². The fourth-order valence-corrected chi connectivity index (χ4v) is 4.89. The van der Waals surface area contributed by atoms with Gasteiger partial charge in [-0.1, -0.05) is 53.6 Å². The minimum atomic E-state index is -4.66. The first-order valence-corrected chi connectivity index (χ1v) is 12.0. The van der Waals surface area contributed by atoms with Crippen LogP contribution in [-0.4, -0.2) is 23.3 Å². The van der Waals surface area contributed by atoms with Crippen molar-refractivity contribution < 1.29 is 31.1 Å². The molecular formula is C28H22ClF6N3O. The molecule has 11 heteroatoms. The Balaban J connectivity index is 1.77. The number of allylic oxidation sites excluding steroid dienone is 1. The zero-order valence-corrected chi connectivity index (χ0v) is 21.3. The van der Waals surface area contributed by atoms with E-state index in [0.717, 1.165) is 52.5 Å². The van der Waals surface area contributed by atoms with Gasteiger partial charge in [-0.3, -0.25) is 0 Å². The van der Waals surface area contributed by atoms with E-state index in [4.69, 9.17) is 11.6 Å². The third kappa shape index (κ3) is 5.95. The Kier molecular flexibility index (Phi) is 7.53. The molecule has 1 aliphatic rings. The Hall–Kier alpha value is -3.79. The topological polar surface area (TPSA) is 44.7 Å². The van der Waals surface area contributed by atoms with E-state index in [1.165, 1.54) is 6.07 Å². The van der Waals surface area contributed by atoms with Crippen molar-refractivity contribution in [2.45, 2.75) is 31.1 Å². The van der Waals surface area contributed by atoms with Gasteiger partial charge in [0.2, 0.25) is 0 Å². The molecule has 3 aromatic rings. The fraction of sp³-hybridized carbons (Fsp3) is 0.214. The summed E-state index contributed by atoms with van der Waals surface area (Å²) in [5.74, 6) is 0. The summed E-state index contributed by atoms with van der Waals surface area (Å²) in [4.78, 5) is 13.2. The van der Waals surface area contributed by atoms with Crippen molar-refractivity contribution in [3.63, 3.8) is 0 Å². The molecule has 0 radical (unpaired) electrons. The summed E-state index contributed by atoms with van der Waals surface area (Å²) in [7, 11) is 0. The molecule has 0 aliphatic carbocycles. The van der Waals surface area contributed by atoms with Gasteiger partial charge in [0, 0.05) is 11.3 Å². The van der Waals surface area contributed by atoms with Crippen LogP contribution in [0.4, 0.5) is 36.8 Å². The van der Waals surface area contributed by atoms with Crippen LogP contribution in [0.2, 0.25) is 5.02 Å². The number of carbonyl (C=O) groups excluding carboxylic acids is 1. The van der Waals surface area contributed by atoms with Crippen LogP contribution in [0.15, 0.2) is 90.0 Å². The van der Waals surface area contributed by atoms with Crippen molar-refractivity contribution in [1.29, 1.82) is 0 Å². The number of nitrogens with zero attached hydrogens (tertiary/aromatic N) is 2. The highest BCUT2D eigenvalue weighted by Crippen LogP contribution is 2.42. The van der Waals surface area contributed by atoms with Crippen LogP contribution in [0, 0.1) is 0 Å². The normalized spacial score (nSPS) is 17.6. The van der Waals surface area contributed by atoms with E-state index >= 15 is 0 Å². The summed E-state index contributed by atoms with van der Waals surface area (Å²) in [5, 5.41) is 7.62. The van der Waals surface area contributed by atoms with E-state index in [1.807, 2.05) is 12.1 Å². The molecule has 0 bridgehead atoms. The molecule has 0 spiro atoms. The summed E-state index contributed by atoms with van der Waals surface area (Å²) in [6, 6.07) is 15.5. The molecule has 0 aromatic heterocycles. The van der Waals surface area contributed by atoms with Crippen LogP contribution in [-0.2, 0) is 17.8 Å². The molecule has 0 saturated carbocycles.